The highest BCUT2D eigenvalue weighted by Crippen LogP contribution is 2.47. The maximum absolute atomic E-state index is 6.41. The topological polar surface area (TPSA) is 17.4 Å². The molecule has 3 heteroatoms. The van der Waals surface area contributed by atoms with Gasteiger partial charge in [-0.05, 0) is 72.7 Å². The first-order chi connectivity index (χ1) is 25.1. The predicted octanol–water partition coefficient (Wildman–Crippen LogP) is 11.9. The Morgan fingerprint density at radius 1 is 0.686 bits per heavy atom. The standard InChI is InChI=1S/C48H38N2O/c1-3-4-32-48(2,42-21-11-14-24-45(42)49-43-22-12-8-18-38(43)39-19-9-13-23-44(39)49)50(36-28-26-35(27-29-36)34-16-6-5-7-17-34)37-30-31-47-41(33-37)40-20-10-15-25-46(40)51-47/h3-33,41,47H,1H2,2H3/b32-4-. The number of benzene rings is 6. The van der Waals surface area contributed by atoms with Crippen LogP contribution < -0.4 is 9.64 Å². The Morgan fingerprint density at radius 3 is 2.06 bits per heavy atom. The third kappa shape index (κ3) is 5.13. The molecular weight excluding hydrogens is 621 g/mol. The maximum Gasteiger partial charge on any atom is 0.128 e. The van der Waals surface area contributed by atoms with E-state index in [2.05, 4.69) is 199 Å². The number of hydrogen-bond donors (Lipinski definition) is 0. The minimum absolute atomic E-state index is 0.0340. The summed E-state index contributed by atoms with van der Waals surface area (Å²) in [7, 11) is 0. The maximum atomic E-state index is 6.41. The molecule has 3 atom stereocenters. The smallest absolute Gasteiger partial charge is 0.128 e. The number of para-hydroxylation sites is 4. The third-order valence-corrected chi connectivity index (χ3v) is 10.5. The molecule has 0 amide bonds. The molecule has 2 heterocycles. The minimum Gasteiger partial charge on any atom is -0.485 e. The van der Waals surface area contributed by atoms with Crippen LogP contribution in [0.15, 0.2) is 200 Å². The lowest BCUT2D eigenvalue weighted by molar-refractivity contribution is 0.268. The Hall–Kier alpha value is -6.32. The van der Waals surface area contributed by atoms with Gasteiger partial charge in [0.05, 0.1) is 22.3 Å². The highest BCUT2D eigenvalue weighted by molar-refractivity contribution is 6.09. The number of allylic oxidation sites excluding steroid dienone is 3. The van der Waals surface area contributed by atoms with Crippen LogP contribution in [0, 0.1) is 0 Å². The zero-order valence-electron chi connectivity index (χ0n) is 28.6. The van der Waals surface area contributed by atoms with Crippen molar-refractivity contribution < 1.29 is 4.74 Å². The van der Waals surface area contributed by atoms with Crippen LogP contribution in [0.1, 0.15) is 24.0 Å². The van der Waals surface area contributed by atoms with E-state index in [0.29, 0.717) is 0 Å². The first-order valence-electron chi connectivity index (χ1n) is 17.6. The van der Waals surface area contributed by atoms with Crippen LogP contribution in [0.3, 0.4) is 0 Å². The van der Waals surface area contributed by atoms with E-state index in [1.165, 1.54) is 44.1 Å². The van der Waals surface area contributed by atoms with E-state index in [1.807, 2.05) is 12.1 Å². The third-order valence-electron chi connectivity index (χ3n) is 10.5. The van der Waals surface area contributed by atoms with Crippen LogP contribution in [-0.4, -0.2) is 10.7 Å². The van der Waals surface area contributed by atoms with Crippen molar-refractivity contribution >= 4 is 27.5 Å². The SMILES string of the molecule is C=C/C=C\C(C)(c1ccccc1-n1c2ccccc2c2ccccc21)N(C1=CC2c3ccccc3OC2C=C1)c1ccc(-c2ccccc2)cc1. The van der Waals surface area contributed by atoms with E-state index in [4.69, 9.17) is 4.74 Å². The van der Waals surface area contributed by atoms with Crippen molar-refractivity contribution in [1.82, 2.24) is 4.57 Å². The van der Waals surface area contributed by atoms with E-state index in [-0.39, 0.29) is 12.0 Å². The summed E-state index contributed by atoms with van der Waals surface area (Å²) in [5.41, 5.74) is 9.79. The molecule has 0 spiro atoms. The van der Waals surface area contributed by atoms with Gasteiger partial charge in [-0.3, -0.25) is 0 Å². The molecule has 6 aromatic carbocycles. The van der Waals surface area contributed by atoms with E-state index in [1.54, 1.807) is 0 Å². The molecule has 2 aliphatic rings. The van der Waals surface area contributed by atoms with Crippen molar-refractivity contribution in [2.24, 2.45) is 0 Å². The number of aromatic nitrogens is 1. The molecule has 0 radical (unpaired) electrons. The molecule has 3 nitrogen and oxygen atoms in total. The van der Waals surface area contributed by atoms with Gasteiger partial charge >= 0.3 is 0 Å². The molecule has 0 saturated heterocycles. The average Bonchev–Trinajstić information content (AvgIpc) is 3.73. The minimum atomic E-state index is -0.659. The lowest BCUT2D eigenvalue weighted by Gasteiger charge is -2.44. The number of ether oxygens (including phenoxy) is 1. The molecule has 7 aromatic rings. The number of anilines is 1. The normalized spacial score (nSPS) is 17.5. The molecule has 1 aliphatic carbocycles. The molecule has 246 valence electrons. The van der Waals surface area contributed by atoms with Crippen LogP contribution in [0.2, 0.25) is 0 Å². The van der Waals surface area contributed by atoms with Gasteiger partial charge in [0.15, 0.2) is 0 Å². The molecule has 1 aliphatic heterocycles. The van der Waals surface area contributed by atoms with Crippen LogP contribution in [0.25, 0.3) is 38.6 Å². The molecule has 0 bridgehead atoms. The Balaban J connectivity index is 1.28. The molecule has 51 heavy (non-hydrogen) atoms. The summed E-state index contributed by atoms with van der Waals surface area (Å²) < 4.78 is 8.84. The molecule has 0 fully saturated rings. The van der Waals surface area contributed by atoms with Gasteiger partial charge in [0.25, 0.3) is 0 Å². The van der Waals surface area contributed by atoms with Gasteiger partial charge in [-0.15, -0.1) is 0 Å². The highest BCUT2D eigenvalue weighted by atomic mass is 16.5. The highest BCUT2D eigenvalue weighted by Gasteiger charge is 2.40. The zero-order chi connectivity index (χ0) is 34.4. The summed E-state index contributed by atoms with van der Waals surface area (Å²) in [5, 5.41) is 2.48. The summed E-state index contributed by atoms with van der Waals surface area (Å²) in [6.45, 7) is 6.44. The van der Waals surface area contributed by atoms with Crippen molar-refractivity contribution in [2.75, 3.05) is 4.90 Å². The average molecular weight is 659 g/mol. The van der Waals surface area contributed by atoms with E-state index in [0.717, 1.165) is 22.8 Å². The van der Waals surface area contributed by atoms with Gasteiger partial charge in [-0.1, -0.05) is 140 Å². The van der Waals surface area contributed by atoms with Gasteiger partial charge in [0, 0.05) is 39.2 Å². The molecule has 3 unspecified atom stereocenters. The molecule has 9 rings (SSSR count). The van der Waals surface area contributed by atoms with Crippen molar-refractivity contribution in [1.29, 1.82) is 0 Å². The lowest BCUT2D eigenvalue weighted by atomic mass is 9.84. The van der Waals surface area contributed by atoms with Crippen molar-refractivity contribution in [3.05, 3.63) is 212 Å². The molecule has 0 saturated carbocycles. The number of rotatable bonds is 8. The van der Waals surface area contributed by atoms with Gasteiger partial charge < -0.3 is 14.2 Å². The summed E-state index contributed by atoms with van der Waals surface area (Å²) in [4.78, 5) is 2.49. The lowest BCUT2D eigenvalue weighted by Crippen LogP contribution is -2.43. The van der Waals surface area contributed by atoms with Gasteiger partial charge in [0.1, 0.15) is 11.9 Å². The predicted molar refractivity (Wildman–Crippen MR) is 213 cm³/mol. The first kappa shape index (κ1) is 30.7. The zero-order valence-corrected chi connectivity index (χ0v) is 28.6. The van der Waals surface area contributed by atoms with Crippen LogP contribution in [0.5, 0.6) is 5.75 Å². The van der Waals surface area contributed by atoms with E-state index in [9.17, 15) is 0 Å². The molecular formula is C48H38N2O. The molecule has 1 aromatic heterocycles. The molecule has 0 N–H and O–H groups in total. The fourth-order valence-corrected chi connectivity index (χ4v) is 8.12. The summed E-state index contributed by atoms with van der Waals surface area (Å²) >= 11 is 0. The van der Waals surface area contributed by atoms with Crippen LogP contribution in [-0.2, 0) is 5.54 Å². The Labute approximate surface area is 299 Å². The second-order valence-corrected chi connectivity index (χ2v) is 13.5. The van der Waals surface area contributed by atoms with Crippen LogP contribution >= 0.6 is 0 Å². The number of nitrogens with zero attached hydrogens (tertiary/aromatic N) is 2. The largest absolute Gasteiger partial charge is 0.485 e. The van der Waals surface area contributed by atoms with Crippen molar-refractivity contribution in [3.63, 3.8) is 0 Å². The van der Waals surface area contributed by atoms with E-state index < -0.39 is 5.54 Å². The summed E-state index contributed by atoms with van der Waals surface area (Å²) in [6.07, 6.45) is 13.1. The van der Waals surface area contributed by atoms with E-state index >= 15 is 0 Å². The number of hydrogen-bond acceptors (Lipinski definition) is 2. The van der Waals surface area contributed by atoms with Crippen molar-refractivity contribution in [3.8, 4) is 22.6 Å². The number of fused-ring (bicyclic) bond motifs is 6. The van der Waals surface area contributed by atoms with Crippen molar-refractivity contribution in [2.45, 2.75) is 24.5 Å². The second kappa shape index (κ2) is 12.5. The Morgan fingerprint density at radius 2 is 1.31 bits per heavy atom. The Bertz CT molecular complexity index is 2450. The Kier molecular flexibility index (Phi) is 7.55. The fraction of sp³-hybridized carbons (Fsp3) is 0.0833. The van der Waals surface area contributed by atoms with Gasteiger partial charge in [-0.2, -0.15) is 0 Å². The van der Waals surface area contributed by atoms with Gasteiger partial charge in [0.2, 0.25) is 0 Å². The van der Waals surface area contributed by atoms with Gasteiger partial charge in [-0.25, -0.2) is 0 Å². The summed E-state index contributed by atoms with van der Waals surface area (Å²) in [5.74, 6) is 1.06. The van der Waals surface area contributed by atoms with Crippen LogP contribution in [0.4, 0.5) is 5.69 Å². The quantitative estimate of drug-likeness (QED) is 0.151. The second-order valence-electron chi connectivity index (χ2n) is 13.5. The fourth-order valence-electron chi connectivity index (χ4n) is 8.12. The first-order valence-corrected chi connectivity index (χ1v) is 17.6. The summed E-state index contributed by atoms with van der Waals surface area (Å²) in [6, 6.07) is 54.2. The monoisotopic (exact) mass is 658 g/mol.